The number of hydrogen-bond acceptors (Lipinski definition) is 4. The molecule has 1 unspecified atom stereocenters. The molecule has 0 heterocycles. The molecule has 0 aliphatic rings. The summed E-state index contributed by atoms with van der Waals surface area (Å²) in [4.78, 5) is 21.5. The van der Waals surface area contributed by atoms with Crippen LogP contribution in [0.2, 0.25) is 0 Å². The van der Waals surface area contributed by atoms with Crippen molar-refractivity contribution in [1.29, 1.82) is 0 Å². The number of rotatable bonds is 6. The van der Waals surface area contributed by atoms with E-state index in [9.17, 15) is 9.59 Å². The van der Waals surface area contributed by atoms with Crippen LogP contribution in [-0.2, 0) is 9.59 Å². The molecule has 0 saturated heterocycles. The van der Waals surface area contributed by atoms with Gasteiger partial charge in [0.2, 0.25) is 0 Å². The van der Waals surface area contributed by atoms with E-state index in [0.29, 0.717) is 12.8 Å². The van der Waals surface area contributed by atoms with Gasteiger partial charge in [-0.1, -0.05) is 0 Å². The first-order valence-corrected chi connectivity index (χ1v) is 3.96. The first-order valence-electron chi connectivity index (χ1n) is 3.96. The van der Waals surface area contributed by atoms with Gasteiger partial charge in [-0.25, -0.2) is 0 Å². The standard InChI is InChI=1S/C8H15NO3/c1-6(11)5-8(12)7(9)3-2-4-10/h7,10H,2-5,9H2,1H3. The third kappa shape index (κ3) is 4.98. The molecule has 0 radical (unpaired) electrons. The topological polar surface area (TPSA) is 80.4 Å². The minimum absolute atomic E-state index is 0.0288. The van der Waals surface area contributed by atoms with Gasteiger partial charge >= 0.3 is 0 Å². The maximum absolute atomic E-state index is 11.0. The molecule has 0 aliphatic heterocycles. The molecule has 0 aliphatic carbocycles. The van der Waals surface area contributed by atoms with Crippen molar-refractivity contribution in [3.63, 3.8) is 0 Å². The number of Topliss-reactive ketones (excluding diaryl/α,β-unsaturated/α-hetero) is 2. The lowest BCUT2D eigenvalue weighted by atomic mass is 10.0. The predicted octanol–water partition coefficient (Wildman–Crippen LogP) is -0.366. The zero-order chi connectivity index (χ0) is 9.56. The zero-order valence-corrected chi connectivity index (χ0v) is 7.25. The fraction of sp³-hybridized carbons (Fsp3) is 0.750. The van der Waals surface area contributed by atoms with Crippen molar-refractivity contribution in [1.82, 2.24) is 0 Å². The Morgan fingerprint density at radius 2 is 2.08 bits per heavy atom. The molecule has 0 rings (SSSR count). The van der Waals surface area contributed by atoms with E-state index in [1.54, 1.807) is 0 Å². The van der Waals surface area contributed by atoms with Crippen molar-refractivity contribution in [2.45, 2.75) is 32.2 Å². The van der Waals surface area contributed by atoms with Crippen LogP contribution in [0.4, 0.5) is 0 Å². The van der Waals surface area contributed by atoms with Gasteiger partial charge in [-0.05, 0) is 19.8 Å². The number of carbonyl (C=O) groups excluding carboxylic acids is 2. The molecule has 0 aromatic rings. The largest absolute Gasteiger partial charge is 0.396 e. The highest BCUT2D eigenvalue weighted by Gasteiger charge is 2.14. The number of ketones is 2. The molecule has 0 aromatic carbocycles. The SMILES string of the molecule is CC(=O)CC(=O)C(N)CCCO. The Kier molecular flexibility index (Phi) is 5.49. The van der Waals surface area contributed by atoms with Gasteiger partial charge in [0.1, 0.15) is 5.78 Å². The lowest BCUT2D eigenvalue weighted by Crippen LogP contribution is -2.31. The monoisotopic (exact) mass is 173 g/mol. The van der Waals surface area contributed by atoms with Crippen LogP contribution >= 0.6 is 0 Å². The van der Waals surface area contributed by atoms with Gasteiger partial charge < -0.3 is 10.8 Å². The van der Waals surface area contributed by atoms with E-state index in [-0.39, 0.29) is 24.6 Å². The first-order chi connectivity index (χ1) is 5.57. The van der Waals surface area contributed by atoms with Crippen molar-refractivity contribution in [3.05, 3.63) is 0 Å². The molecular formula is C8H15NO3. The summed E-state index contributed by atoms with van der Waals surface area (Å²) in [5.74, 6) is -0.407. The second-order valence-corrected chi connectivity index (χ2v) is 2.82. The van der Waals surface area contributed by atoms with Crippen molar-refractivity contribution >= 4 is 11.6 Å². The van der Waals surface area contributed by atoms with E-state index in [1.807, 2.05) is 0 Å². The lowest BCUT2D eigenvalue weighted by molar-refractivity contribution is -0.126. The van der Waals surface area contributed by atoms with E-state index < -0.39 is 6.04 Å². The van der Waals surface area contributed by atoms with Crippen LogP contribution in [0.3, 0.4) is 0 Å². The van der Waals surface area contributed by atoms with E-state index in [2.05, 4.69) is 0 Å². The fourth-order valence-corrected chi connectivity index (χ4v) is 0.849. The highest BCUT2D eigenvalue weighted by atomic mass is 16.3. The summed E-state index contributed by atoms with van der Waals surface area (Å²) in [7, 11) is 0. The van der Waals surface area contributed by atoms with Crippen LogP contribution in [0.25, 0.3) is 0 Å². The van der Waals surface area contributed by atoms with E-state index >= 15 is 0 Å². The number of aliphatic hydroxyl groups is 1. The molecule has 1 atom stereocenters. The average molecular weight is 173 g/mol. The molecule has 0 saturated carbocycles. The Labute approximate surface area is 71.8 Å². The number of nitrogens with two attached hydrogens (primary N) is 1. The van der Waals surface area contributed by atoms with Gasteiger partial charge in [0, 0.05) is 6.61 Å². The molecule has 0 spiro atoms. The lowest BCUT2D eigenvalue weighted by Gasteiger charge is -2.07. The summed E-state index contributed by atoms with van der Waals surface area (Å²) < 4.78 is 0. The highest BCUT2D eigenvalue weighted by molar-refractivity contribution is 6.00. The van der Waals surface area contributed by atoms with Crippen LogP contribution in [0.5, 0.6) is 0 Å². The molecule has 4 nitrogen and oxygen atoms in total. The summed E-state index contributed by atoms with van der Waals surface area (Å²) in [6, 6.07) is -0.596. The third-order valence-corrected chi connectivity index (χ3v) is 1.51. The van der Waals surface area contributed by atoms with Gasteiger partial charge in [0.05, 0.1) is 12.5 Å². The fourth-order valence-electron chi connectivity index (χ4n) is 0.849. The van der Waals surface area contributed by atoms with Crippen molar-refractivity contribution in [3.8, 4) is 0 Å². The maximum atomic E-state index is 11.0. The highest BCUT2D eigenvalue weighted by Crippen LogP contribution is 1.98. The van der Waals surface area contributed by atoms with Crippen molar-refractivity contribution < 1.29 is 14.7 Å². The van der Waals surface area contributed by atoms with Crippen LogP contribution in [0.1, 0.15) is 26.2 Å². The van der Waals surface area contributed by atoms with Gasteiger partial charge in [-0.2, -0.15) is 0 Å². The molecule has 0 bridgehead atoms. The van der Waals surface area contributed by atoms with Crippen molar-refractivity contribution in [2.24, 2.45) is 5.73 Å². The smallest absolute Gasteiger partial charge is 0.156 e. The summed E-state index contributed by atoms with van der Waals surface area (Å²) in [6.07, 6.45) is 0.861. The average Bonchev–Trinajstić information content (AvgIpc) is 1.98. The minimum atomic E-state index is -0.596. The normalized spacial score (nSPS) is 12.6. The van der Waals surface area contributed by atoms with Crippen LogP contribution in [0.15, 0.2) is 0 Å². The molecule has 4 heteroatoms. The third-order valence-electron chi connectivity index (χ3n) is 1.51. The molecular weight excluding hydrogens is 158 g/mol. The summed E-state index contributed by atoms with van der Waals surface area (Å²) in [6.45, 7) is 1.39. The summed E-state index contributed by atoms with van der Waals surface area (Å²) in [5, 5.41) is 8.45. The molecule has 70 valence electrons. The van der Waals surface area contributed by atoms with Gasteiger partial charge in [-0.3, -0.25) is 9.59 Å². The maximum Gasteiger partial charge on any atom is 0.156 e. The Bertz CT molecular complexity index is 168. The molecule has 0 aromatic heterocycles. The van der Waals surface area contributed by atoms with Gasteiger partial charge in [0.15, 0.2) is 5.78 Å². The number of hydrogen-bond donors (Lipinski definition) is 2. The van der Waals surface area contributed by atoms with Crippen LogP contribution in [-0.4, -0.2) is 29.3 Å². The van der Waals surface area contributed by atoms with Crippen LogP contribution in [0, 0.1) is 0 Å². The van der Waals surface area contributed by atoms with Gasteiger partial charge in [0.25, 0.3) is 0 Å². The Morgan fingerprint density at radius 1 is 1.50 bits per heavy atom. The molecule has 0 amide bonds. The van der Waals surface area contributed by atoms with E-state index in [0.717, 1.165) is 0 Å². The summed E-state index contributed by atoms with van der Waals surface area (Å²) >= 11 is 0. The second-order valence-electron chi connectivity index (χ2n) is 2.82. The van der Waals surface area contributed by atoms with Gasteiger partial charge in [-0.15, -0.1) is 0 Å². The Balaban J connectivity index is 3.69. The number of carbonyl (C=O) groups is 2. The summed E-state index contributed by atoms with van der Waals surface area (Å²) in [5.41, 5.74) is 5.44. The first kappa shape index (κ1) is 11.3. The molecule has 3 N–H and O–H groups in total. The van der Waals surface area contributed by atoms with E-state index in [1.165, 1.54) is 6.92 Å². The molecule has 12 heavy (non-hydrogen) atoms. The van der Waals surface area contributed by atoms with Crippen molar-refractivity contribution in [2.75, 3.05) is 6.61 Å². The quantitative estimate of drug-likeness (QED) is 0.537. The predicted molar refractivity (Wildman–Crippen MR) is 44.6 cm³/mol. The second kappa shape index (κ2) is 5.85. The zero-order valence-electron chi connectivity index (χ0n) is 7.25. The van der Waals surface area contributed by atoms with E-state index in [4.69, 9.17) is 10.8 Å². The number of aliphatic hydroxyl groups excluding tert-OH is 1. The Morgan fingerprint density at radius 3 is 2.50 bits per heavy atom. The molecule has 0 fully saturated rings. The Hall–Kier alpha value is -0.740. The minimum Gasteiger partial charge on any atom is -0.396 e. The van der Waals surface area contributed by atoms with Crippen LogP contribution < -0.4 is 5.73 Å².